The van der Waals surface area contributed by atoms with Gasteiger partial charge < -0.3 is 14.6 Å². The number of methoxy groups -OCH3 is 1. The second-order valence-corrected chi connectivity index (χ2v) is 2.83. The van der Waals surface area contributed by atoms with E-state index in [0.29, 0.717) is 12.4 Å². The summed E-state index contributed by atoms with van der Waals surface area (Å²) in [4.78, 5) is 0. The van der Waals surface area contributed by atoms with Crippen LogP contribution in [0.3, 0.4) is 0 Å². The third-order valence-electron chi connectivity index (χ3n) is 1.67. The Bertz CT molecular complexity index is 261. The highest BCUT2D eigenvalue weighted by atomic mass is 19.1. The summed E-state index contributed by atoms with van der Waals surface area (Å²) in [5, 5.41) is 8.89. The van der Waals surface area contributed by atoms with Gasteiger partial charge in [-0.1, -0.05) is 0 Å². The van der Waals surface area contributed by atoms with Gasteiger partial charge >= 0.3 is 0 Å². The first-order chi connectivity index (χ1) is 6.76. The Hall–Kier alpha value is -1.13. The van der Waals surface area contributed by atoms with Gasteiger partial charge in [-0.3, -0.25) is 0 Å². The van der Waals surface area contributed by atoms with Crippen LogP contribution in [0.1, 0.15) is 0 Å². The van der Waals surface area contributed by atoms with Crippen LogP contribution in [0.5, 0.6) is 5.75 Å². The maximum absolute atomic E-state index is 12.5. The van der Waals surface area contributed by atoms with Crippen molar-refractivity contribution < 1.29 is 19.0 Å². The summed E-state index contributed by atoms with van der Waals surface area (Å²) in [6.07, 6.45) is -0.412. The molecule has 0 aromatic heterocycles. The highest BCUT2D eigenvalue weighted by Gasteiger charge is 2.08. The fourth-order valence-corrected chi connectivity index (χ4v) is 1.02. The Morgan fingerprint density at radius 3 is 2.50 bits per heavy atom. The fraction of sp³-hybridized carbons (Fsp3) is 0.400. The molecule has 0 saturated carbocycles. The number of aliphatic hydroxyl groups excluding tert-OH is 1. The standard InChI is InChI=1S/C10H13FO3/c1-13-7-10(6-12)14-9-4-2-8(11)3-5-9/h2-5,10,12H,6-7H2,1H3/t10-/m1/s1. The number of hydrogen-bond donors (Lipinski definition) is 1. The Balaban J connectivity index is 2.53. The minimum Gasteiger partial charge on any atom is -0.486 e. The molecule has 1 N–H and O–H groups in total. The quantitative estimate of drug-likeness (QED) is 0.776. The Labute approximate surface area is 82.1 Å². The zero-order chi connectivity index (χ0) is 10.4. The van der Waals surface area contributed by atoms with Gasteiger partial charge in [0, 0.05) is 7.11 Å². The van der Waals surface area contributed by atoms with Crippen molar-refractivity contribution in [1.29, 1.82) is 0 Å². The van der Waals surface area contributed by atoms with Crippen LogP contribution < -0.4 is 4.74 Å². The van der Waals surface area contributed by atoms with Gasteiger partial charge in [-0.15, -0.1) is 0 Å². The molecule has 0 fully saturated rings. The molecule has 0 amide bonds. The van der Waals surface area contributed by atoms with E-state index in [1.807, 2.05) is 0 Å². The molecule has 0 saturated heterocycles. The molecule has 0 radical (unpaired) electrons. The molecule has 0 aliphatic rings. The van der Waals surface area contributed by atoms with Crippen LogP contribution >= 0.6 is 0 Å². The summed E-state index contributed by atoms with van der Waals surface area (Å²) in [7, 11) is 1.52. The molecule has 0 aliphatic carbocycles. The van der Waals surface area contributed by atoms with Crippen LogP contribution in [0.4, 0.5) is 4.39 Å². The highest BCUT2D eigenvalue weighted by molar-refractivity contribution is 5.22. The van der Waals surface area contributed by atoms with Crippen LogP contribution in [0.2, 0.25) is 0 Å². The van der Waals surface area contributed by atoms with Crippen LogP contribution in [0, 0.1) is 5.82 Å². The van der Waals surface area contributed by atoms with Crippen molar-refractivity contribution >= 4 is 0 Å². The molecule has 78 valence electrons. The van der Waals surface area contributed by atoms with Gasteiger partial charge in [-0.2, -0.15) is 0 Å². The molecule has 0 unspecified atom stereocenters. The van der Waals surface area contributed by atoms with Crippen molar-refractivity contribution in [1.82, 2.24) is 0 Å². The molecule has 1 rings (SSSR count). The fourth-order valence-electron chi connectivity index (χ4n) is 1.02. The van der Waals surface area contributed by atoms with Gasteiger partial charge in [0.15, 0.2) is 0 Å². The molecule has 0 spiro atoms. The number of rotatable bonds is 5. The molecular weight excluding hydrogens is 187 g/mol. The lowest BCUT2D eigenvalue weighted by Gasteiger charge is -2.15. The van der Waals surface area contributed by atoms with E-state index in [1.165, 1.54) is 31.4 Å². The second-order valence-electron chi connectivity index (χ2n) is 2.83. The van der Waals surface area contributed by atoms with Gasteiger partial charge in [-0.25, -0.2) is 4.39 Å². The first-order valence-electron chi connectivity index (χ1n) is 4.28. The second kappa shape index (κ2) is 5.57. The molecule has 1 atom stereocenters. The Morgan fingerprint density at radius 2 is 2.00 bits per heavy atom. The Morgan fingerprint density at radius 1 is 1.36 bits per heavy atom. The van der Waals surface area contributed by atoms with E-state index in [4.69, 9.17) is 14.6 Å². The molecule has 4 heteroatoms. The zero-order valence-electron chi connectivity index (χ0n) is 7.94. The van der Waals surface area contributed by atoms with E-state index in [2.05, 4.69) is 0 Å². The predicted octanol–water partition coefficient (Wildman–Crippen LogP) is 1.21. The largest absolute Gasteiger partial charge is 0.486 e. The van der Waals surface area contributed by atoms with E-state index in [-0.39, 0.29) is 12.4 Å². The SMILES string of the molecule is COC[C@@H](CO)Oc1ccc(F)cc1. The molecule has 1 aromatic rings. The number of aliphatic hydroxyl groups is 1. The van der Waals surface area contributed by atoms with Crippen LogP contribution in [0.25, 0.3) is 0 Å². The first kappa shape index (κ1) is 10.9. The van der Waals surface area contributed by atoms with Gasteiger partial charge in [0.1, 0.15) is 17.7 Å². The minimum absolute atomic E-state index is 0.134. The molecule has 0 heterocycles. The summed E-state index contributed by atoms with van der Waals surface area (Å²) >= 11 is 0. The van der Waals surface area contributed by atoms with Crippen molar-refractivity contribution in [3.05, 3.63) is 30.1 Å². The number of benzene rings is 1. The van der Waals surface area contributed by atoms with E-state index >= 15 is 0 Å². The first-order valence-corrected chi connectivity index (χ1v) is 4.28. The Kier molecular flexibility index (Phi) is 4.35. The van der Waals surface area contributed by atoms with E-state index in [1.54, 1.807) is 0 Å². The monoisotopic (exact) mass is 200 g/mol. The molecule has 1 aromatic carbocycles. The normalized spacial score (nSPS) is 12.5. The molecule has 3 nitrogen and oxygen atoms in total. The van der Waals surface area contributed by atoms with Crippen LogP contribution in [0.15, 0.2) is 24.3 Å². The van der Waals surface area contributed by atoms with Crippen molar-refractivity contribution in [2.45, 2.75) is 6.10 Å². The smallest absolute Gasteiger partial charge is 0.145 e. The van der Waals surface area contributed by atoms with E-state index in [0.717, 1.165) is 0 Å². The molecule has 0 aliphatic heterocycles. The lowest BCUT2D eigenvalue weighted by atomic mass is 10.3. The number of hydrogen-bond acceptors (Lipinski definition) is 3. The van der Waals surface area contributed by atoms with Gasteiger partial charge in [-0.05, 0) is 24.3 Å². The van der Waals surface area contributed by atoms with Crippen LogP contribution in [-0.4, -0.2) is 31.5 Å². The number of ether oxygens (including phenoxy) is 2. The van der Waals surface area contributed by atoms with Gasteiger partial charge in [0.25, 0.3) is 0 Å². The summed E-state index contributed by atoms with van der Waals surface area (Å²) in [6, 6.07) is 5.62. The predicted molar refractivity (Wildman–Crippen MR) is 49.8 cm³/mol. The van der Waals surface area contributed by atoms with Crippen LogP contribution in [-0.2, 0) is 4.74 Å². The highest BCUT2D eigenvalue weighted by Crippen LogP contribution is 2.12. The maximum atomic E-state index is 12.5. The average Bonchev–Trinajstić information content (AvgIpc) is 2.20. The lowest BCUT2D eigenvalue weighted by molar-refractivity contribution is 0.0413. The molecular formula is C10H13FO3. The summed E-state index contributed by atoms with van der Waals surface area (Å²) in [5.74, 6) is 0.201. The lowest BCUT2D eigenvalue weighted by Crippen LogP contribution is -2.26. The molecule has 14 heavy (non-hydrogen) atoms. The van der Waals surface area contributed by atoms with Crippen molar-refractivity contribution in [3.63, 3.8) is 0 Å². The topological polar surface area (TPSA) is 38.7 Å². The average molecular weight is 200 g/mol. The van der Waals surface area contributed by atoms with Gasteiger partial charge in [0.2, 0.25) is 0 Å². The van der Waals surface area contributed by atoms with Crippen molar-refractivity contribution in [2.75, 3.05) is 20.3 Å². The minimum atomic E-state index is -0.412. The van der Waals surface area contributed by atoms with Crippen molar-refractivity contribution in [2.24, 2.45) is 0 Å². The van der Waals surface area contributed by atoms with E-state index < -0.39 is 6.10 Å². The third kappa shape index (κ3) is 3.32. The molecule has 0 bridgehead atoms. The number of halogens is 1. The maximum Gasteiger partial charge on any atom is 0.145 e. The third-order valence-corrected chi connectivity index (χ3v) is 1.67. The van der Waals surface area contributed by atoms with Crippen molar-refractivity contribution in [3.8, 4) is 5.75 Å². The summed E-state index contributed by atoms with van der Waals surface area (Å²) in [6.45, 7) is 0.166. The summed E-state index contributed by atoms with van der Waals surface area (Å²) in [5.41, 5.74) is 0. The zero-order valence-corrected chi connectivity index (χ0v) is 7.94. The summed E-state index contributed by atoms with van der Waals surface area (Å²) < 4.78 is 22.7. The van der Waals surface area contributed by atoms with Gasteiger partial charge in [0.05, 0.1) is 13.2 Å². The van der Waals surface area contributed by atoms with E-state index in [9.17, 15) is 4.39 Å².